The minimum absolute atomic E-state index is 0.0930. The number of amides is 1. The molecule has 198 valence electrons. The Balaban J connectivity index is 0.000000479. The van der Waals surface area contributed by atoms with Crippen LogP contribution in [0.3, 0.4) is 0 Å². The van der Waals surface area contributed by atoms with Gasteiger partial charge in [-0.3, -0.25) is 14.7 Å². The third-order valence-electron chi connectivity index (χ3n) is 5.31. The van der Waals surface area contributed by atoms with Gasteiger partial charge in [0.25, 0.3) is 0 Å². The maximum atomic E-state index is 12.7. The number of hydrogen-bond acceptors (Lipinski definition) is 8. The zero-order valence-corrected chi connectivity index (χ0v) is 20.5. The largest absolute Gasteiger partial charge is 0.490 e. The SMILES string of the molecule is Cc1cc(C)n(-c2cc(NC(=O)CN3CCN(C)CC3)nc(-c3ccccn3)n2)n1.O=C(O)C(F)(F)F. The molecule has 37 heavy (non-hydrogen) atoms. The predicted octanol–water partition coefficient (Wildman–Crippen LogP) is 2.16. The van der Waals surface area contributed by atoms with Crippen LogP contribution in [0, 0.1) is 13.8 Å². The molecule has 4 rings (SSSR count). The number of nitrogens with one attached hydrogen (secondary N) is 1. The number of alkyl halides is 3. The Morgan fingerprint density at radius 3 is 2.30 bits per heavy atom. The van der Waals surface area contributed by atoms with E-state index in [1.54, 1.807) is 16.9 Å². The van der Waals surface area contributed by atoms with Crippen molar-refractivity contribution in [3.8, 4) is 17.3 Å². The fourth-order valence-corrected chi connectivity index (χ4v) is 3.47. The minimum Gasteiger partial charge on any atom is -0.475 e. The van der Waals surface area contributed by atoms with Crippen LogP contribution in [-0.2, 0) is 9.59 Å². The molecule has 0 unspecified atom stereocenters. The summed E-state index contributed by atoms with van der Waals surface area (Å²) in [5.74, 6) is -1.38. The molecule has 1 amide bonds. The Bertz CT molecular complexity index is 1230. The van der Waals surface area contributed by atoms with E-state index in [0.29, 0.717) is 29.7 Å². The molecule has 0 saturated carbocycles. The number of carbonyl (C=O) groups is 2. The zero-order valence-electron chi connectivity index (χ0n) is 20.5. The number of rotatable bonds is 5. The lowest BCUT2D eigenvalue weighted by Crippen LogP contribution is -2.47. The molecule has 0 aromatic carbocycles. The molecule has 0 atom stereocenters. The number of halogens is 3. The van der Waals surface area contributed by atoms with Crippen LogP contribution in [0.2, 0.25) is 0 Å². The summed E-state index contributed by atoms with van der Waals surface area (Å²) in [6.45, 7) is 7.93. The average Bonchev–Trinajstić information content (AvgIpc) is 3.18. The molecule has 3 aromatic rings. The van der Waals surface area contributed by atoms with Crippen molar-refractivity contribution in [3.63, 3.8) is 0 Å². The number of nitrogens with zero attached hydrogens (tertiary/aromatic N) is 7. The lowest BCUT2D eigenvalue weighted by molar-refractivity contribution is -0.192. The van der Waals surface area contributed by atoms with E-state index in [0.717, 1.165) is 37.6 Å². The summed E-state index contributed by atoms with van der Waals surface area (Å²) in [6, 6.07) is 9.29. The second-order valence-electron chi connectivity index (χ2n) is 8.42. The summed E-state index contributed by atoms with van der Waals surface area (Å²) in [6.07, 6.45) is -3.39. The zero-order chi connectivity index (χ0) is 27.2. The normalized spacial score (nSPS) is 14.5. The van der Waals surface area contributed by atoms with E-state index in [-0.39, 0.29) is 5.91 Å². The summed E-state index contributed by atoms with van der Waals surface area (Å²) >= 11 is 0. The van der Waals surface area contributed by atoms with Crippen molar-refractivity contribution in [1.82, 2.24) is 34.5 Å². The molecule has 3 aromatic heterocycles. The number of pyridine rings is 1. The van der Waals surface area contributed by atoms with E-state index in [1.165, 1.54) is 0 Å². The number of anilines is 1. The van der Waals surface area contributed by atoms with Crippen molar-refractivity contribution in [3.05, 3.63) is 47.9 Å². The first-order valence-electron chi connectivity index (χ1n) is 11.3. The van der Waals surface area contributed by atoms with Gasteiger partial charge in [-0.2, -0.15) is 18.3 Å². The third kappa shape index (κ3) is 8.05. The molecule has 1 aliphatic heterocycles. The van der Waals surface area contributed by atoms with Crippen molar-refractivity contribution in [2.45, 2.75) is 20.0 Å². The van der Waals surface area contributed by atoms with Gasteiger partial charge < -0.3 is 15.3 Å². The summed E-state index contributed by atoms with van der Waals surface area (Å²) in [5.41, 5.74) is 2.48. The van der Waals surface area contributed by atoms with Gasteiger partial charge in [-0.1, -0.05) is 6.07 Å². The highest BCUT2D eigenvalue weighted by Crippen LogP contribution is 2.19. The van der Waals surface area contributed by atoms with Gasteiger partial charge in [0, 0.05) is 44.1 Å². The van der Waals surface area contributed by atoms with Gasteiger partial charge in [0.1, 0.15) is 11.5 Å². The highest BCUT2D eigenvalue weighted by atomic mass is 19.4. The van der Waals surface area contributed by atoms with Crippen LogP contribution in [0.25, 0.3) is 17.3 Å². The lowest BCUT2D eigenvalue weighted by atomic mass is 10.3. The lowest BCUT2D eigenvalue weighted by Gasteiger charge is -2.31. The molecule has 11 nitrogen and oxygen atoms in total. The number of carbonyl (C=O) groups excluding carboxylic acids is 1. The van der Waals surface area contributed by atoms with Gasteiger partial charge in [0.15, 0.2) is 11.6 Å². The van der Waals surface area contributed by atoms with E-state index in [9.17, 15) is 18.0 Å². The predicted molar refractivity (Wildman–Crippen MR) is 128 cm³/mol. The maximum Gasteiger partial charge on any atom is 0.490 e. The Morgan fingerprint density at radius 1 is 1.08 bits per heavy atom. The average molecular weight is 521 g/mol. The number of aryl methyl sites for hydroxylation is 2. The van der Waals surface area contributed by atoms with Crippen LogP contribution >= 0.6 is 0 Å². The van der Waals surface area contributed by atoms with Crippen LogP contribution in [0.1, 0.15) is 11.4 Å². The van der Waals surface area contributed by atoms with Gasteiger partial charge >= 0.3 is 12.1 Å². The molecule has 0 aliphatic carbocycles. The first kappa shape index (κ1) is 27.7. The number of aliphatic carboxylic acids is 1. The highest BCUT2D eigenvalue weighted by molar-refractivity contribution is 5.91. The second kappa shape index (κ2) is 11.9. The van der Waals surface area contributed by atoms with Crippen molar-refractivity contribution in [2.75, 3.05) is 45.1 Å². The minimum atomic E-state index is -5.08. The van der Waals surface area contributed by atoms with Gasteiger partial charge in [-0.25, -0.2) is 19.4 Å². The number of carboxylic acid groups (broad SMARTS) is 1. The molecule has 1 saturated heterocycles. The number of likely N-dealkylation sites (N-methyl/N-ethyl adjacent to an activating group) is 1. The molecular formula is C23H27F3N8O3. The van der Waals surface area contributed by atoms with Gasteiger partial charge in [-0.05, 0) is 39.1 Å². The Labute approximate surface area is 211 Å². The van der Waals surface area contributed by atoms with E-state index >= 15 is 0 Å². The first-order valence-corrected chi connectivity index (χ1v) is 11.3. The van der Waals surface area contributed by atoms with Crippen LogP contribution in [-0.4, -0.2) is 97.5 Å². The van der Waals surface area contributed by atoms with Crippen LogP contribution in [0.15, 0.2) is 36.5 Å². The smallest absolute Gasteiger partial charge is 0.475 e. The fourth-order valence-electron chi connectivity index (χ4n) is 3.47. The molecule has 2 N–H and O–H groups in total. The fraction of sp³-hybridized carbons (Fsp3) is 0.391. The van der Waals surface area contributed by atoms with Gasteiger partial charge in [0.2, 0.25) is 5.91 Å². The summed E-state index contributed by atoms with van der Waals surface area (Å²) in [4.78, 5) is 39.5. The molecule has 1 aliphatic rings. The topological polar surface area (TPSA) is 129 Å². The Morgan fingerprint density at radius 2 is 1.76 bits per heavy atom. The Kier molecular flexibility index (Phi) is 8.89. The highest BCUT2D eigenvalue weighted by Gasteiger charge is 2.38. The van der Waals surface area contributed by atoms with Crippen molar-refractivity contribution in [1.29, 1.82) is 0 Å². The quantitative estimate of drug-likeness (QED) is 0.520. The van der Waals surface area contributed by atoms with Crippen LogP contribution < -0.4 is 5.32 Å². The van der Waals surface area contributed by atoms with Crippen LogP contribution in [0.5, 0.6) is 0 Å². The van der Waals surface area contributed by atoms with Crippen molar-refractivity contribution < 1.29 is 27.9 Å². The van der Waals surface area contributed by atoms with Crippen molar-refractivity contribution in [2.24, 2.45) is 0 Å². The molecular weight excluding hydrogens is 493 g/mol. The van der Waals surface area contributed by atoms with E-state index in [2.05, 4.69) is 42.2 Å². The van der Waals surface area contributed by atoms with Gasteiger partial charge in [-0.15, -0.1) is 0 Å². The molecule has 14 heteroatoms. The number of hydrogen-bond donors (Lipinski definition) is 2. The van der Waals surface area contributed by atoms with Gasteiger partial charge in [0.05, 0.1) is 12.2 Å². The van der Waals surface area contributed by atoms with Crippen molar-refractivity contribution >= 4 is 17.7 Å². The molecule has 0 spiro atoms. The second-order valence-corrected chi connectivity index (χ2v) is 8.42. The number of carboxylic acids is 1. The van der Waals surface area contributed by atoms with E-state index in [4.69, 9.17) is 9.90 Å². The van der Waals surface area contributed by atoms with Crippen LogP contribution in [0.4, 0.5) is 19.0 Å². The summed E-state index contributed by atoms with van der Waals surface area (Å²) in [7, 11) is 2.10. The maximum absolute atomic E-state index is 12.7. The molecule has 0 bridgehead atoms. The van der Waals surface area contributed by atoms with E-state index < -0.39 is 12.1 Å². The number of aromatic nitrogens is 5. The third-order valence-corrected chi connectivity index (χ3v) is 5.31. The number of piperazine rings is 1. The van der Waals surface area contributed by atoms with E-state index in [1.807, 2.05) is 38.1 Å². The summed E-state index contributed by atoms with van der Waals surface area (Å²) < 4.78 is 33.5. The Hall–Kier alpha value is -3.91. The first-order chi connectivity index (χ1) is 17.4. The molecule has 0 radical (unpaired) electrons. The standard InChI is InChI=1S/C21H26N8O.C2HF3O2/c1-15-12-16(2)29(26-15)19-13-18(24-21(25-19)17-6-4-5-7-22-17)23-20(30)14-28-10-8-27(3)9-11-28;3-2(4,5)1(6)7/h4-7,12-13H,8-11,14H2,1-3H3,(H,23,24,25,30);(H,6,7). The molecule has 4 heterocycles. The summed E-state index contributed by atoms with van der Waals surface area (Å²) in [5, 5.41) is 14.6. The molecule has 1 fully saturated rings. The monoisotopic (exact) mass is 520 g/mol.